The van der Waals surface area contributed by atoms with Gasteiger partial charge in [0.2, 0.25) is 0 Å². The van der Waals surface area contributed by atoms with Crippen molar-refractivity contribution in [3.8, 4) is 67.3 Å². The van der Waals surface area contributed by atoms with Crippen molar-refractivity contribution in [2.24, 2.45) is 0 Å². The van der Waals surface area contributed by atoms with E-state index >= 15 is 0 Å². The zero-order valence-corrected chi connectivity index (χ0v) is 34.3. The van der Waals surface area contributed by atoms with Crippen molar-refractivity contribution in [1.82, 2.24) is 9.97 Å². The summed E-state index contributed by atoms with van der Waals surface area (Å²) in [5.41, 5.74) is 16.2. The van der Waals surface area contributed by atoms with Crippen LogP contribution in [0.15, 0.2) is 212 Å². The molecule has 0 aliphatic heterocycles. The van der Waals surface area contributed by atoms with E-state index in [0.29, 0.717) is 5.82 Å². The quantitative estimate of drug-likeness (QED) is 0.168. The Bertz CT molecular complexity index is 3480. The standard InChI is InChI=1S/C58H38N2S/c1-58(42-16-6-3-7-17-42)51-22-12-10-20-46(51)47-30-28-40(35-52(47)58)37-24-26-38(27-25-37)43-31-32-48(45-19-9-8-18-44(43)45)54-36-53(59-57(60-54)39-14-4-2-5-15-39)41-29-33-56-50(34-41)49-21-11-13-23-55(49)61-56/h2-36H,1H3. The van der Waals surface area contributed by atoms with Crippen LogP contribution in [-0.2, 0) is 5.41 Å². The number of hydrogen-bond acceptors (Lipinski definition) is 3. The predicted octanol–water partition coefficient (Wildman–Crippen LogP) is 15.7. The lowest BCUT2D eigenvalue weighted by Gasteiger charge is -2.28. The zero-order chi connectivity index (χ0) is 40.5. The van der Waals surface area contributed by atoms with Crippen LogP contribution in [0.5, 0.6) is 0 Å². The average Bonchev–Trinajstić information content (AvgIpc) is 3.84. The van der Waals surface area contributed by atoms with Gasteiger partial charge in [0.05, 0.1) is 11.4 Å². The van der Waals surface area contributed by atoms with E-state index in [4.69, 9.17) is 9.97 Å². The van der Waals surface area contributed by atoms with Crippen LogP contribution in [-0.4, -0.2) is 9.97 Å². The van der Waals surface area contributed by atoms with Crippen LogP contribution in [0.25, 0.3) is 98.2 Å². The molecule has 1 unspecified atom stereocenters. The van der Waals surface area contributed by atoms with Gasteiger partial charge in [-0.05, 0) is 98.1 Å². The van der Waals surface area contributed by atoms with E-state index in [1.165, 1.54) is 75.6 Å². The Hall–Kier alpha value is -7.46. The molecule has 0 spiro atoms. The van der Waals surface area contributed by atoms with Crippen molar-refractivity contribution in [2.45, 2.75) is 12.3 Å². The van der Waals surface area contributed by atoms with Crippen LogP contribution in [0.1, 0.15) is 23.6 Å². The van der Waals surface area contributed by atoms with Crippen molar-refractivity contribution in [3.05, 3.63) is 229 Å². The summed E-state index contributed by atoms with van der Waals surface area (Å²) >= 11 is 1.83. The normalized spacial score (nSPS) is 14.4. The first-order valence-corrected chi connectivity index (χ1v) is 21.7. The third kappa shape index (κ3) is 5.77. The van der Waals surface area contributed by atoms with E-state index in [-0.39, 0.29) is 5.41 Å². The molecule has 0 amide bonds. The molecule has 1 aliphatic rings. The Labute approximate surface area is 359 Å². The predicted molar refractivity (Wildman–Crippen MR) is 257 cm³/mol. The molecule has 1 atom stereocenters. The van der Waals surface area contributed by atoms with Crippen LogP contribution >= 0.6 is 11.3 Å². The fraction of sp³-hybridized carbons (Fsp3) is 0.0345. The summed E-state index contributed by atoms with van der Waals surface area (Å²) in [7, 11) is 0. The van der Waals surface area contributed by atoms with Gasteiger partial charge in [-0.15, -0.1) is 11.3 Å². The maximum absolute atomic E-state index is 5.26. The zero-order valence-electron chi connectivity index (χ0n) is 33.5. The fourth-order valence-corrected chi connectivity index (χ4v) is 10.8. The van der Waals surface area contributed by atoms with Gasteiger partial charge in [-0.25, -0.2) is 9.97 Å². The number of benzene rings is 9. The molecule has 12 rings (SSSR count). The molecule has 0 N–H and O–H groups in total. The number of nitrogens with zero attached hydrogens (tertiary/aromatic N) is 2. The average molecular weight is 795 g/mol. The Balaban J connectivity index is 0.939. The van der Waals surface area contributed by atoms with E-state index in [0.717, 1.165) is 33.5 Å². The molecule has 2 heterocycles. The number of hydrogen-bond donors (Lipinski definition) is 0. The molecule has 0 radical (unpaired) electrons. The van der Waals surface area contributed by atoms with Gasteiger partial charge >= 0.3 is 0 Å². The minimum absolute atomic E-state index is 0.234. The van der Waals surface area contributed by atoms with Crippen molar-refractivity contribution in [1.29, 1.82) is 0 Å². The van der Waals surface area contributed by atoms with Crippen molar-refractivity contribution in [2.75, 3.05) is 0 Å². The highest BCUT2D eigenvalue weighted by Crippen LogP contribution is 2.53. The van der Waals surface area contributed by atoms with Crippen LogP contribution in [0.4, 0.5) is 0 Å². The lowest BCUT2D eigenvalue weighted by molar-refractivity contribution is 0.714. The highest BCUT2D eigenvalue weighted by molar-refractivity contribution is 7.25. The Morgan fingerprint density at radius 2 is 0.918 bits per heavy atom. The molecule has 9 aromatic carbocycles. The minimum Gasteiger partial charge on any atom is -0.228 e. The van der Waals surface area contributed by atoms with Gasteiger partial charge in [-0.1, -0.05) is 182 Å². The molecular formula is C58H38N2S. The molecule has 0 saturated heterocycles. The maximum atomic E-state index is 5.26. The second-order valence-corrected chi connectivity index (χ2v) is 17.3. The van der Waals surface area contributed by atoms with Gasteiger partial charge < -0.3 is 0 Å². The monoisotopic (exact) mass is 794 g/mol. The highest BCUT2D eigenvalue weighted by Gasteiger charge is 2.40. The largest absolute Gasteiger partial charge is 0.228 e. The number of aromatic nitrogens is 2. The van der Waals surface area contributed by atoms with Crippen LogP contribution in [0, 0.1) is 0 Å². The third-order valence-electron chi connectivity index (χ3n) is 12.8. The van der Waals surface area contributed by atoms with Crippen molar-refractivity contribution >= 4 is 42.3 Å². The van der Waals surface area contributed by atoms with E-state index in [1.54, 1.807) is 0 Å². The smallest absolute Gasteiger partial charge is 0.160 e. The third-order valence-corrected chi connectivity index (χ3v) is 14.0. The molecular weight excluding hydrogens is 757 g/mol. The Morgan fingerprint density at radius 1 is 0.344 bits per heavy atom. The molecule has 3 heteroatoms. The molecule has 11 aromatic rings. The topological polar surface area (TPSA) is 25.8 Å². The van der Waals surface area contributed by atoms with Crippen LogP contribution in [0.2, 0.25) is 0 Å². The Morgan fingerprint density at radius 3 is 1.74 bits per heavy atom. The number of thiophene rings is 1. The molecule has 0 saturated carbocycles. The lowest BCUT2D eigenvalue weighted by Crippen LogP contribution is -2.22. The van der Waals surface area contributed by atoms with Crippen LogP contribution in [0.3, 0.4) is 0 Å². The SMILES string of the molecule is CC1(c2ccccc2)c2ccccc2-c2ccc(-c3ccc(-c4ccc(-c5cc(-c6ccc7sc8ccccc8c7c6)nc(-c6ccccc6)n5)c5ccccc45)cc3)cc21. The summed E-state index contributed by atoms with van der Waals surface area (Å²) in [6, 6.07) is 77.0. The molecule has 61 heavy (non-hydrogen) atoms. The minimum atomic E-state index is -0.234. The summed E-state index contributed by atoms with van der Waals surface area (Å²) in [5.74, 6) is 0.714. The highest BCUT2D eigenvalue weighted by atomic mass is 32.1. The first-order valence-electron chi connectivity index (χ1n) is 20.9. The Kier molecular flexibility index (Phi) is 8.19. The second kappa shape index (κ2) is 14.1. The van der Waals surface area contributed by atoms with E-state index in [2.05, 4.69) is 213 Å². The second-order valence-electron chi connectivity index (χ2n) is 16.2. The molecule has 286 valence electrons. The lowest BCUT2D eigenvalue weighted by atomic mass is 9.74. The first kappa shape index (κ1) is 35.5. The number of rotatable bonds is 6. The summed E-state index contributed by atoms with van der Waals surface area (Å²) in [6.07, 6.45) is 0. The van der Waals surface area contributed by atoms with E-state index < -0.39 is 0 Å². The van der Waals surface area contributed by atoms with Gasteiger partial charge in [-0.2, -0.15) is 0 Å². The van der Waals surface area contributed by atoms with Gasteiger partial charge in [-0.3, -0.25) is 0 Å². The van der Waals surface area contributed by atoms with Crippen molar-refractivity contribution < 1.29 is 0 Å². The number of fused-ring (bicyclic) bond motifs is 7. The summed E-state index contributed by atoms with van der Waals surface area (Å²) in [4.78, 5) is 10.5. The molecule has 2 aromatic heterocycles. The van der Waals surface area contributed by atoms with Gasteiger partial charge in [0.1, 0.15) is 0 Å². The van der Waals surface area contributed by atoms with Gasteiger partial charge in [0, 0.05) is 42.3 Å². The molecule has 2 nitrogen and oxygen atoms in total. The van der Waals surface area contributed by atoms with Crippen LogP contribution < -0.4 is 0 Å². The fourth-order valence-electron chi connectivity index (χ4n) is 9.71. The summed E-state index contributed by atoms with van der Waals surface area (Å²) < 4.78 is 2.58. The van der Waals surface area contributed by atoms with Crippen molar-refractivity contribution in [3.63, 3.8) is 0 Å². The van der Waals surface area contributed by atoms with E-state index in [1.807, 2.05) is 17.4 Å². The summed E-state index contributed by atoms with van der Waals surface area (Å²) in [6.45, 7) is 2.38. The first-order chi connectivity index (χ1) is 30.1. The molecule has 0 bridgehead atoms. The van der Waals surface area contributed by atoms with Gasteiger partial charge in [0.15, 0.2) is 5.82 Å². The maximum Gasteiger partial charge on any atom is 0.160 e. The van der Waals surface area contributed by atoms with E-state index in [9.17, 15) is 0 Å². The van der Waals surface area contributed by atoms with Gasteiger partial charge in [0.25, 0.3) is 0 Å². The molecule has 0 fully saturated rings. The molecule has 1 aliphatic carbocycles. The summed E-state index contributed by atoms with van der Waals surface area (Å²) in [5, 5.41) is 4.88.